The lowest BCUT2D eigenvalue weighted by molar-refractivity contribution is 0.155. The van der Waals surface area contributed by atoms with E-state index in [0.29, 0.717) is 0 Å². The summed E-state index contributed by atoms with van der Waals surface area (Å²) in [7, 11) is -3.76. The third-order valence-electron chi connectivity index (χ3n) is 2.85. The van der Waals surface area contributed by atoms with Gasteiger partial charge in [-0.2, -0.15) is 0 Å². The van der Waals surface area contributed by atoms with Crippen molar-refractivity contribution in [2.45, 2.75) is 23.8 Å². The molecule has 0 amide bonds. The van der Waals surface area contributed by atoms with Crippen molar-refractivity contribution in [3.63, 3.8) is 0 Å². The molecule has 0 bridgehead atoms. The Morgan fingerprint density at radius 1 is 1.50 bits per heavy atom. The van der Waals surface area contributed by atoms with Crippen molar-refractivity contribution in [1.29, 1.82) is 0 Å². The number of hydrogen-bond donors (Lipinski definition) is 2. The number of nitrogens with one attached hydrogen (secondary N) is 1. The van der Waals surface area contributed by atoms with E-state index >= 15 is 0 Å². The van der Waals surface area contributed by atoms with Gasteiger partial charge in [-0.05, 0) is 37.0 Å². The van der Waals surface area contributed by atoms with Crippen LogP contribution in [0.5, 0.6) is 0 Å². The van der Waals surface area contributed by atoms with E-state index in [0.717, 1.165) is 31.0 Å². The fourth-order valence-corrected chi connectivity index (χ4v) is 2.89. The lowest BCUT2D eigenvalue weighted by Gasteiger charge is -2.11. The molecule has 1 fully saturated rings. The summed E-state index contributed by atoms with van der Waals surface area (Å²) in [5.41, 5.74) is 0. The normalized spacial score (nSPS) is 17.7. The fourth-order valence-electron chi connectivity index (χ4n) is 1.57. The molecule has 1 aliphatic carbocycles. The molecule has 0 heterocycles. The van der Waals surface area contributed by atoms with Crippen LogP contribution in [0.25, 0.3) is 0 Å². The smallest absolute Gasteiger partial charge is 0.240 e. The summed E-state index contributed by atoms with van der Waals surface area (Å²) in [6.45, 7) is -0.0397. The highest BCUT2D eigenvalue weighted by atomic mass is 35.5. The quantitative estimate of drug-likeness (QED) is 0.865. The minimum absolute atomic E-state index is 0.0397. The zero-order valence-electron chi connectivity index (χ0n) is 9.44. The van der Waals surface area contributed by atoms with Gasteiger partial charge in [0.05, 0.1) is 16.0 Å². The Labute approximate surface area is 110 Å². The first-order chi connectivity index (χ1) is 8.40. The minimum Gasteiger partial charge on any atom is -0.391 e. The van der Waals surface area contributed by atoms with Gasteiger partial charge in [-0.15, -0.1) is 0 Å². The van der Waals surface area contributed by atoms with Crippen molar-refractivity contribution in [2.75, 3.05) is 6.54 Å². The molecule has 100 valence electrons. The van der Waals surface area contributed by atoms with Gasteiger partial charge in [-0.25, -0.2) is 17.5 Å². The van der Waals surface area contributed by atoms with E-state index in [9.17, 15) is 17.9 Å². The maximum absolute atomic E-state index is 12.9. The maximum Gasteiger partial charge on any atom is 0.240 e. The number of hydrogen-bond acceptors (Lipinski definition) is 3. The van der Waals surface area contributed by atoms with Crippen LogP contribution in [0.3, 0.4) is 0 Å². The van der Waals surface area contributed by atoms with Crippen molar-refractivity contribution < 1.29 is 17.9 Å². The van der Waals surface area contributed by atoms with Gasteiger partial charge in [0.25, 0.3) is 0 Å². The number of aliphatic hydroxyl groups is 1. The van der Waals surface area contributed by atoms with Crippen molar-refractivity contribution in [3.8, 4) is 0 Å². The molecule has 1 saturated carbocycles. The number of aliphatic hydroxyl groups excluding tert-OH is 1. The monoisotopic (exact) mass is 293 g/mol. The Morgan fingerprint density at radius 2 is 2.17 bits per heavy atom. The molecule has 0 aromatic heterocycles. The van der Waals surface area contributed by atoms with Crippen LogP contribution < -0.4 is 4.72 Å². The van der Waals surface area contributed by atoms with Crippen molar-refractivity contribution >= 4 is 21.6 Å². The van der Waals surface area contributed by atoms with Gasteiger partial charge in [0.1, 0.15) is 5.82 Å². The second kappa shape index (κ2) is 5.13. The predicted molar refractivity (Wildman–Crippen MR) is 65.3 cm³/mol. The molecule has 2 N–H and O–H groups in total. The Kier molecular flexibility index (Phi) is 3.91. The van der Waals surface area contributed by atoms with Gasteiger partial charge in [0.2, 0.25) is 10.0 Å². The standard InChI is InChI=1S/C11H13ClFNO3S/c12-9-5-8(3-4-10(9)13)18(16,17)14-6-11(15)7-1-2-7/h3-5,7,11,14-15H,1-2,6H2. The number of sulfonamides is 1. The molecule has 7 heteroatoms. The Hall–Kier alpha value is -0.690. The Morgan fingerprint density at radius 3 is 2.72 bits per heavy atom. The number of benzene rings is 1. The van der Waals surface area contributed by atoms with Crippen LogP contribution in [-0.4, -0.2) is 26.2 Å². The SMILES string of the molecule is O=S(=O)(NCC(O)C1CC1)c1ccc(F)c(Cl)c1. The highest BCUT2D eigenvalue weighted by Gasteiger charge is 2.30. The molecule has 1 aliphatic rings. The molecule has 0 spiro atoms. The molecule has 1 aromatic carbocycles. The van der Waals surface area contributed by atoms with Crippen LogP contribution in [-0.2, 0) is 10.0 Å². The van der Waals surface area contributed by atoms with E-state index < -0.39 is 21.9 Å². The van der Waals surface area contributed by atoms with Crippen LogP contribution in [0.2, 0.25) is 5.02 Å². The number of halogens is 2. The maximum atomic E-state index is 12.9. The lowest BCUT2D eigenvalue weighted by Crippen LogP contribution is -2.33. The van der Waals surface area contributed by atoms with Gasteiger partial charge in [-0.3, -0.25) is 0 Å². The summed E-state index contributed by atoms with van der Waals surface area (Å²) in [6.07, 6.45) is 1.17. The summed E-state index contributed by atoms with van der Waals surface area (Å²) in [6, 6.07) is 3.17. The molecule has 2 rings (SSSR count). The fraction of sp³-hybridized carbons (Fsp3) is 0.455. The first-order valence-corrected chi connectivity index (χ1v) is 7.39. The van der Waals surface area contributed by atoms with E-state index in [-0.39, 0.29) is 22.4 Å². The average molecular weight is 294 g/mol. The van der Waals surface area contributed by atoms with Crippen molar-refractivity contribution in [2.24, 2.45) is 5.92 Å². The predicted octanol–water partition coefficient (Wildman–Crippen LogP) is 1.53. The third kappa shape index (κ3) is 3.20. The highest BCUT2D eigenvalue weighted by molar-refractivity contribution is 7.89. The Bertz CT molecular complexity index is 545. The van der Waals surface area contributed by atoms with Crippen LogP contribution >= 0.6 is 11.6 Å². The first-order valence-electron chi connectivity index (χ1n) is 5.53. The topological polar surface area (TPSA) is 66.4 Å². The summed E-state index contributed by atoms with van der Waals surface area (Å²) in [4.78, 5) is -0.114. The zero-order chi connectivity index (χ0) is 13.3. The molecule has 0 radical (unpaired) electrons. The van der Waals surface area contributed by atoms with E-state index in [1.54, 1.807) is 0 Å². The molecule has 1 atom stereocenters. The molecular weight excluding hydrogens is 281 g/mol. The van der Waals surface area contributed by atoms with Crippen LogP contribution in [0.1, 0.15) is 12.8 Å². The van der Waals surface area contributed by atoms with Gasteiger partial charge < -0.3 is 5.11 Å². The number of rotatable bonds is 5. The average Bonchev–Trinajstić information content (AvgIpc) is 3.13. The van der Waals surface area contributed by atoms with Gasteiger partial charge in [-0.1, -0.05) is 11.6 Å². The summed E-state index contributed by atoms with van der Waals surface area (Å²) in [5.74, 6) is -0.488. The lowest BCUT2D eigenvalue weighted by atomic mass is 10.2. The molecule has 18 heavy (non-hydrogen) atoms. The summed E-state index contributed by atoms with van der Waals surface area (Å²) >= 11 is 5.53. The molecule has 4 nitrogen and oxygen atoms in total. The van der Waals surface area contributed by atoms with Crippen LogP contribution in [0.4, 0.5) is 4.39 Å². The Balaban J connectivity index is 2.07. The van der Waals surface area contributed by atoms with E-state index in [4.69, 9.17) is 11.6 Å². The van der Waals surface area contributed by atoms with Crippen LogP contribution in [0, 0.1) is 11.7 Å². The van der Waals surface area contributed by atoms with Gasteiger partial charge >= 0.3 is 0 Å². The van der Waals surface area contributed by atoms with E-state index in [1.165, 1.54) is 0 Å². The zero-order valence-corrected chi connectivity index (χ0v) is 11.0. The van der Waals surface area contributed by atoms with Crippen LogP contribution in [0.15, 0.2) is 23.1 Å². The van der Waals surface area contributed by atoms with Gasteiger partial charge in [0, 0.05) is 6.54 Å². The summed E-state index contributed by atoms with van der Waals surface area (Å²) in [5, 5.41) is 9.34. The molecule has 1 unspecified atom stereocenters. The molecular formula is C11H13ClFNO3S. The third-order valence-corrected chi connectivity index (χ3v) is 4.56. The first kappa shape index (κ1) is 13.7. The van der Waals surface area contributed by atoms with E-state index in [2.05, 4.69) is 4.72 Å². The van der Waals surface area contributed by atoms with E-state index in [1.807, 2.05) is 0 Å². The molecule has 0 aliphatic heterocycles. The molecule has 1 aromatic rings. The van der Waals surface area contributed by atoms with Gasteiger partial charge in [0.15, 0.2) is 0 Å². The highest BCUT2D eigenvalue weighted by Crippen LogP contribution is 2.32. The minimum atomic E-state index is -3.76. The summed E-state index contributed by atoms with van der Waals surface area (Å²) < 4.78 is 38.9. The largest absolute Gasteiger partial charge is 0.391 e. The second-order valence-corrected chi connectivity index (χ2v) is 6.51. The second-order valence-electron chi connectivity index (χ2n) is 4.33. The molecule has 0 saturated heterocycles. The van der Waals surface area contributed by atoms with Crippen molar-refractivity contribution in [1.82, 2.24) is 4.72 Å². The van der Waals surface area contributed by atoms with Crippen molar-refractivity contribution in [3.05, 3.63) is 29.0 Å².